The molecule has 5 nitrogen and oxygen atoms in total. The first kappa shape index (κ1) is 12.4. The monoisotopic (exact) mass is 248 g/mol. The van der Waals surface area contributed by atoms with Crippen molar-refractivity contribution in [3.63, 3.8) is 0 Å². The van der Waals surface area contributed by atoms with Crippen molar-refractivity contribution in [2.45, 2.75) is 31.3 Å². The van der Waals surface area contributed by atoms with Crippen LogP contribution in [0, 0.1) is 0 Å². The molecule has 1 aromatic rings. The van der Waals surface area contributed by atoms with Gasteiger partial charge in [-0.3, -0.25) is 0 Å². The maximum absolute atomic E-state index is 11.7. The summed E-state index contributed by atoms with van der Waals surface area (Å²) >= 11 is 0. The van der Waals surface area contributed by atoms with Crippen LogP contribution in [0.2, 0.25) is 0 Å². The van der Waals surface area contributed by atoms with E-state index in [1.165, 1.54) is 0 Å². The molecule has 1 aromatic carbocycles. The molecule has 0 unspecified atom stereocenters. The van der Waals surface area contributed by atoms with Crippen molar-refractivity contribution < 1.29 is 14.7 Å². The first-order chi connectivity index (χ1) is 8.50. The van der Waals surface area contributed by atoms with Crippen LogP contribution in [0.1, 0.15) is 31.4 Å². The van der Waals surface area contributed by atoms with Crippen LogP contribution < -0.4 is 10.6 Å². The molecule has 3 N–H and O–H groups in total. The lowest BCUT2D eigenvalue weighted by Crippen LogP contribution is -2.45. The summed E-state index contributed by atoms with van der Waals surface area (Å²) in [5.41, 5.74) is 0.394. The van der Waals surface area contributed by atoms with Crippen molar-refractivity contribution >= 4 is 12.0 Å². The molecule has 0 saturated heterocycles. The van der Waals surface area contributed by atoms with Gasteiger partial charge in [0.1, 0.15) is 0 Å². The lowest BCUT2D eigenvalue weighted by atomic mass is 10.1. The molecule has 2 rings (SSSR count). The highest BCUT2D eigenvalue weighted by molar-refractivity contribution is 5.84. The zero-order valence-electron chi connectivity index (χ0n) is 10.1. The van der Waals surface area contributed by atoms with Crippen molar-refractivity contribution in [3.05, 3.63) is 35.9 Å². The Balaban J connectivity index is 2.03. The van der Waals surface area contributed by atoms with E-state index < -0.39 is 18.0 Å². The largest absolute Gasteiger partial charge is 0.479 e. The third kappa shape index (κ3) is 3.00. The SMILES string of the molecule is CC1(NC(=O)N[C@@H](C(=O)O)c2ccccc2)CC1. The third-order valence-corrected chi connectivity index (χ3v) is 3.07. The Bertz CT molecular complexity index is 455. The lowest BCUT2D eigenvalue weighted by molar-refractivity contribution is -0.139. The van der Waals surface area contributed by atoms with E-state index in [-0.39, 0.29) is 5.54 Å². The summed E-state index contributed by atoms with van der Waals surface area (Å²) in [4.78, 5) is 22.9. The number of aliphatic carboxylic acids is 1. The number of carboxylic acid groups (broad SMARTS) is 1. The Labute approximate surface area is 105 Å². The van der Waals surface area contributed by atoms with Crippen molar-refractivity contribution in [2.24, 2.45) is 0 Å². The van der Waals surface area contributed by atoms with Gasteiger partial charge in [-0.1, -0.05) is 30.3 Å². The summed E-state index contributed by atoms with van der Waals surface area (Å²) in [5.74, 6) is -1.07. The van der Waals surface area contributed by atoms with Gasteiger partial charge in [-0.05, 0) is 25.3 Å². The summed E-state index contributed by atoms with van der Waals surface area (Å²) in [6, 6.07) is 7.18. The van der Waals surface area contributed by atoms with Gasteiger partial charge < -0.3 is 15.7 Å². The van der Waals surface area contributed by atoms with Crippen LogP contribution >= 0.6 is 0 Å². The van der Waals surface area contributed by atoms with Gasteiger partial charge in [0.05, 0.1) is 0 Å². The fourth-order valence-corrected chi connectivity index (χ4v) is 1.69. The van der Waals surface area contributed by atoms with E-state index in [1.807, 2.05) is 6.92 Å². The van der Waals surface area contributed by atoms with Gasteiger partial charge in [0.2, 0.25) is 0 Å². The molecule has 1 saturated carbocycles. The molecular weight excluding hydrogens is 232 g/mol. The van der Waals surface area contributed by atoms with Gasteiger partial charge in [-0.25, -0.2) is 9.59 Å². The molecule has 1 atom stereocenters. The molecule has 1 aliphatic rings. The fourth-order valence-electron chi connectivity index (χ4n) is 1.69. The predicted molar refractivity (Wildman–Crippen MR) is 66.1 cm³/mol. The van der Waals surface area contributed by atoms with E-state index in [1.54, 1.807) is 30.3 Å². The van der Waals surface area contributed by atoms with Crippen molar-refractivity contribution in [2.75, 3.05) is 0 Å². The number of hydrogen-bond donors (Lipinski definition) is 3. The van der Waals surface area contributed by atoms with Gasteiger partial charge in [-0.2, -0.15) is 0 Å². The standard InChI is InChI=1S/C13H16N2O3/c1-13(7-8-13)15-12(18)14-10(11(16)17)9-5-3-2-4-6-9/h2-6,10H,7-8H2,1H3,(H,16,17)(H2,14,15,18)/t10-/m1/s1. The van der Waals surface area contributed by atoms with Gasteiger partial charge in [0.15, 0.2) is 6.04 Å². The summed E-state index contributed by atoms with van der Waals surface area (Å²) in [7, 11) is 0. The molecule has 0 spiro atoms. The van der Waals surface area contributed by atoms with E-state index in [9.17, 15) is 9.59 Å². The second-order valence-electron chi connectivity index (χ2n) is 4.84. The average Bonchev–Trinajstić information content (AvgIpc) is 3.04. The lowest BCUT2D eigenvalue weighted by Gasteiger charge is -2.18. The minimum absolute atomic E-state index is 0.163. The Kier molecular flexibility index (Phi) is 3.23. The van der Waals surface area contributed by atoms with Gasteiger partial charge in [-0.15, -0.1) is 0 Å². The van der Waals surface area contributed by atoms with E-state index in [4.69, 9.17) is 5.11 Å². The quantitative estimate of drug-likeness (QED) is 0.758. The molecule has 96 valence electrons. The smallest absolute Gasteiger partial charge is 0.330 e. The number of benzene rings is 1. The van der Waals surface area contributed by atoms with Crippen molar-refractivity contribution in [1.29, 1.82) is 0 Å². The Morgan fingerprint density at radius 3 is 2.39 bits per heavy atom. The van der Waals surface area contributed by atoms with Gasteiger partial charge in [0.25, 0.3) is 0 Å². The van der Waals surface area contributed by atoms with Crippen LogP contribution in [0.25, 0.3) is 0 Å². The number of nitrogens with one attached hydrogen (secondary N) is 2. The predicted octanol–water partition coefficient (Wildman–Crippen LogP) is 1.66. The molecule has 1 aliphatic carbocycles. The van der Waals surface area contributed by atoms with Gasteiger partial charge >= 0.3 is 12.0 Å². The highest BCUT2D eigenvalue weighted by atomic mass is 16.4. The molecule has 0 aliphatic heterocycles. The molecule has 18 heavy (non-hydrogen) atoms. The van der Waals surface area contributed by atoms with Crippen LogP contribution in [-0.2, 0) is 4.79 Å². The first-order valence-corrected chi connectivity index (χ1v) is 5.87. The summed E-state index contributed by atoms with van der Waals surface area (Å²) < 4.78 is 0. The van der Waals surface area contributed by atoms with Gasteiger partial charge in [0, 0.05) is 5.54 Å². The van der Waals surface area contributed by atoms with Crippen LogP contribution in [0.3, 0.4) is 0 Å². The van der Waals surface area contributed by atoms with E-state index in [2.05, 4.69) is 10.6 Å². The number of rotatable bonds is 4. The summed E-state index contributed by atoms with van der Waals surface area (Å²) in [6.45, 7) is 1.94. The number of urea groups is 1. The zero-order chi connectivity index (χ0) is 13.2. The minimum Gasteiger partial charge on any atom is -0.479 e. The molecule has 0 radical (unpaired) electrons. The molecule has 2 amide bonds. The third-order valence-electron chi connectivity index (χ3n) is 3.07. The van der Waals surface area contributed by atoms with Crippen molar-refractivity contribution in [3.8, 4) is 0 Å². The topological polar surface area (TPSA) is 78.4 Å². The second-order valence-corrected chi connectivity index (χ2v) is 4.84. The molecule has 5 heteroatoms. The molecule has 0 bridgehead atoms. The van der Waals surface area contributed by atoms with E-state index in [0.717, 1.165) is 12.8 Å². The fraction of sp³-hybridized carbons (Fsp3) is 0.385. The van der Waals surface area contributed by atoms with Crippen LogP contribution in [0.15, 0.2) is 30.3 Å². The molecule has 1 fully saturated rings. The first-order valence-electron chi connectivity index (χ1n) is 5.87. The molecule has 0 aromatic heterocycles. The highest BCUT2D eigenvalue weighted by Crippen LogP contribution is 2.34. The Morgan fingerprint density at radius 2 is 1.89 bits per heavy atom. The van der Waals surface area contributed by atoms with E-state index >= 15 is 0 Å². The second kappa shape index (κ2) is 4.68. The van der Waals surface area contributed by atoms with Crippen LogP contribution in [0.4, 0.5) is 4.79 Å². The Hall–Kier alpha value is -2.04. The number of hydrogen-bond acceptors (Lipinski definition) is 2. The average molecular weight is 248 g/mol. The highest BCUT2D eigenvalue weighted by Gasteiger charge is 2.39. The normalized spacial score (nSPS) is 17.6. The summed E-state index contributed by atoms with van der Waals surface area (Å²) in [5, 5.41) is 14.4. The zero-order valence-corrected chi connectivity index (χ0v) is 10.1. The minimum atomic E-state index is -1.07. The summed E-state index contributed by atoms with van der Waals surface area (Å²) in [6.07, 6.45) is 1.87. The van der Waals surface area contributed by atoms with Crippen LogP contribution in [-0.4, -0.2) is 22.6 Å². The number of carbonyl (C=O) groups excluding carboxylic acids is 1. The maximum Gasteiger partial charge on any atom is 0.330 e. The van der Waals surface area contributed by atoms with Crippen LogP contribution in [0.5, 0.6) is 0 Å². The maximum atomic E-state index is 11.7. The number of carbonyl (C=O) groups is 2. The molecular formula is C13H16N2O3. The molecule has 0 heterocycles. The number of carboxylic acids is 1. The Morgan fingerprint density at radius 1 is 1.28 bits per heavy atom. The van der Waals surface area contributed by atoms with Crippen molar-refractivity contribution in [1.82, 2.24) is 10.6 Å². The van der Waals surface area contributed by atoms with E-state index in [0.29, 0.717) is 5.56 Å². The number of amides is 2.